The molecule has 138 valence electrons. The molecular formula is C21H28N4S. The Balaban J connectivity index is 1.40. The average molecular weight is 369 g/mol. The standard InChI is InChI=1S/C21H28N4S/c1-17-15-23(16-18(2)22-17)13-8-14-24-20-11-6-7-12-21(20)25(26-24)19-9-4-3-5-10-19/h3-7,9-12,17-18,22H,8,13-16H2,1-2H3. The first-order valence-corrected chi connectivity index (χ1v) is 10.3. The first-order valence-electron chi connectivity index (χ1n) is 9.59. The Morgan fingerprint density at radius 3 is 2.27 bits per heavy atom. The van der Waals surface area contributed by atoms with Crippen molar-refractivity contribution in [3.05, 3.63) is 54.6 Å². The van der Waals surface area contributed by atoms with Crippen LogP contribution in [0.15, 0.2) is 54.6 Å². The Hall–Kier alpha value is -1.69. The summed E-state index contributed by atoms with van der Waals surface area (Å²) in [6.07, 6.45) is 1.18. The molecule has 1 fully saturated rings. The van der Waals surface area contributed by atoms with Crippen LogP contribution >= 0.6 is 12.1 Å². The van der Waals surface area contributed by atoms with Crippen LogP contribution in [-0.2, 0) is 0 Å². The second-order valence-electron chi connectivity index (χ2n) is 7.38. The van der Waals surface area contributed by atoms with E-state index in [1.54, 1.807) is 0 Å². The van der Waals surface area contributed by atoms with Gasteiger partial charge in [0.2, 0.25) is 0 Å². The van der Waals surface area contributed by atoms with Crippen molar-refractivity contribution in [3.63, 3.8) is 0 Å². The highest BCUT2D eigenvalue weighted by Gasteiger charge is 2.28. The van der Waals surface area contributed by atoms with E-state index in [-0.39, 0.29) is 0 Å². The zero-order valence-electron chi connectivity index (χ0n) is 15.6. The topological polar surface area (TPSA) is 21.8 Å². The van der Waals surface area contributed by atoms with Crippen molar-refractivity contribution in [1.29, 1.82) is 0 Å². The molecule has 0 aromatic heterocycles. The highest BCUT2D eigenvalue weighted by molar-refractivity contribution is 8.02. The van der Waals surface area contributed by atoms with Crippen molar-refractivity contribution in [2.75, 3.05) is 34.8 Å². The molecule has 2 atom stereocenters. The molecule has 0 spiro atoms. The van der Waals surface area contributed by atoms with Gasteiger partial charge in [-0.2, -0.15) is 0 Å². The Morgan fingerprint density at radius 1 is 0.885 bits per heavy atom. The second-order valence-corrected chi connectivity index (χ2v) is 8.35. The highest BCUT2D eigenvalue weighted by atomic mass is 32.2. The first-order chi connectivity index (χ1) is 12.7. The molecule has 2 aliphatic rings. The number of fused-ring (bicyclic) bond motifs is 1. The van der Waals surface area contributed by atoms with Crippen LogP contribution in [0.25, 0.3) is 0 Å². The minimum Gasteiger partial charge on any atom is -0.309 e. The van der Waals surface area contributed by atoms with Crippen LogP contribution < -0.4 is 13.9 Å². The fraction of sp³-hybridized carbons (Fsp3) is 0.429. The molecule has 0 radical (unpaired) electrons. The number of nitrogens with one attached hydrogen (secondary N) is 1. The number of hydrogen-bond acceptors (Lipinski definition) is 5. The predicted molar refractivity (Wildman–Crippen MR) is 113 cm³/mol. The van der Waals surface area contributed by atoms with Crippen molar-refractivity contribution < 1.29 is 0 Å². The van der Waals surface area contributed by atoms with E-state index >= 15 is 0 Å². The molecular weight excluding hydrogens is 340 g/mol. The molecule has 1 N–H and O–H groups in total. The van der Waals surface area contributed by atoms with Gasteiger partial charge in [-0.3, -0.25) is 8.61 Å². The summed E-state index contributed by atoms with van der Waals surface area (Å²) in [5.41, 5.74) is 3.84. The van der Waals surface area contributed by atoms with Crippen LogP contribution in [0.1, 0.15) is 20.3 Å². The maximum absolute atomic E-state index is 3.61. The van der Waals surface area contributed by atoms with Gasteiger partial charge >= 0.3 is 0 Å². The van der Waals surface area contributed by atoms with Gasteiger partial charge in [0, 0.05) is 31.7 Å². The monoisotopic (exact) mass is 368 g/mol. The second kappa shape index (κ2) is 7.91. The lowest BCUT2D eigenvalue weighted by Crippen LogP contribution is -2.54. The van der Waals surface area contributed by atoms with Crippen LogP contribution in [0.5, 0.6) is 0 Å². The number of anilines is 3. The maximum Gasteiger partial charge on any atom is 0.0784 e. The zero-order valence-corrected chi connectivity index (χ0v) is 16.5. The van der Waals surface area contributed by atoms with Crippen molar-refractivity contribution in [3.8, 4) is 0 Å². The number of rotatable bonds is 5. The van der Waals surface area contributed by atoms with E-state index in [1.807, 2.05) is 12.1 Å². The molecule has 2 aromatic carbocycles. The van der Waals surface area contributed by atoms with Gasteiger partial charge in [0.25, 0.3) is 0 Å². The smallest absolute Gasteiger partial charge is 0.0784 e. The predicted octanol–water partition coefficient (Wildman–Crippen LogP) is 4.28. The Bertz CT molecular complexity index is 713. The van der Waals surface area contributed by atoms with Crippen molar-refractivity contribution >= 4 is 29.2 Å². The molecule has 0 saturated carbocycles. The summed E-state index contributed by atoms with van der Waals surface area (Å²) in [7, 11) is 0. The Kier molecular flexibility index (Phi) is 5.38. The van der Waals surface area contributed by atoms with Crippen LogP contribution in [0.2, 0.25) is 0 Å². The summed E-state index contributed by atoms with van der Waals surface area (Å²) in [4.78, 5) is 2.60. The van der Waals surface area contributed by atoms with E-state index in [1.165, 1.54) is 30.0 Å². The fourth-order valence-electron chi connectivity index (χ4n) is 4.00. The summed E-state index contributed by atoms with van der Waals surface area (Å²) in [5, 5.41) is 3.61. The van der Waals surface area contributed by atoms with Gasteiger partial charge in [-0.1, -0.05) is 30.3 Å². The van der Waals surface area contributed by atoms with E-state index in [9.17, 15) is 0 Å². The summed E-state index contributed by atoms with van der Waals surface area (Å²) < 4.78 is 4.78. The van der Waals surface area contributed by atoms with Crippen molar-refractivity contribution in [1.82, 2.24) is 10.2 Å². The quantitative estimate of drug-likeness (QED) is 0.793. The third-order valence-electron chi connectivity index (χ3n) is 5.01. The number of benzene rings is 2. The molecule has 1 saturated heterocycles. The van der Waals surface area contributed by atoms with Crippen LogP contribution in [0, 0.1) is 0 Å². The fourth-order valence-corrected chi connectivity index (χ4v) is 5.11. The van der Waals surface area contributed by atoms with Crippen LogP contribution in [0.4, 0.5) is 17.1 Å². The molecule has 0 aliphatic carbocycles. The first kappa shape index (κ1) is 17.7. The molecule has 5 heteroatoms. The highest BCUT2D eigenvalue weighted by Crippen LogP contribution is 2.48. The largest absolute Gasteiger partial charge is 0.309 e. The molecule has 26 heavy (non-hydrogen) atoms. The number of para-hydroxylation sites is 3. The van der Waals surface area contributed by atoms with E-state index in [0.717, 1.165) is 19.6 Å². The van der Waals surface area contributed by atoms with E-state index in [0.29, 0.717) is 12.1 Å². The van der Waals surface area contributed by atoms with Crippen LogP contribution in [-0.4, -0.2) is 43.2 Å². The number of piperazine rings is 1. The normalized spacial score (nSPS) is 23.3. The minimum absolute atomic E-state index is 0.592. The number of nitrogens with zero attached hydrogens (tertiary/aromatic N) is 3. The lowest BCUT2D eigenvalue weighted by molar-refractivity contribution is 0.173. The SMILES string of the molecule is CC1CN(CCCN2SN(c3ccccc3)c3ccccc32)CC(C)N1. The van der Waals surface area contributed by atoms with E-state index < -0.39 is 0 Å². The molecule has 2 unspecified atom stereocenters. The van der Waals surface area contributed by atoms with Gasteiger partial charge in [-0.25, -0.2) is 0 Å². The van der Waals surface area contributed by atoms with Gasteiger partial charge in [0.1, 0.15) is 0 Å². The molecule has 0 amide bonds. The van der Waals surface area contributed by atoms with Gasteiger partial charge in [-0.15, -0.1) is 0 Å². The molecule has 2 aromatic rings. The van der Waals surface area contributed by atoms with Gasteiger partial charge < -0.3 is 10.2 Å². The van der Waals surface area contributed by atoms with E-state index in [2.05, 4.69) is 87.3 Å². The lowest BCUT2D eigenvalue weighted by Gasteiger charge is -2.36. The molecule has 4 nitrogen and oxygen atoms in total. The summed E-state index contributed by atoms with van der Waals surface area (Å²) in [6, 6.07) is 20.5. The zero-order chi connectivity index (χ0) is 17.9. The Labute approximate surface area is 161 Å². The lowest BCUT2D eigenvalue weighted by atomic mass is 10.1. The van der Waals surface area contributed by atoms with Crippen molar-refractivity contribution in [2.45, 2.75) is 32.4 Å². The van der Waals surface area contributed by atoms with Gasteiger partial charge in [0.15, 0.2) is 0 Å². The number of hydrogen-bond donors (Lipinski definition) is 1. The maximum atomic E-state index is 3.61. The molecule has 2 aliphatic heterocycles. The van der Waals surface area contributed by atoms with Crippen LogP contribution in [0.3, 0.4) is 0 Å². The average Bonchev–Trinajstić information content (AvgIpc) is 3.01. The Morgan fingerprint density at radius 2 is 1.54 bits per heavy atom. The summed E-state index contributed by atoms with van der Waals surface area (Å²) in [5.74, 6) is 0. The molecule has 2 heterocycles. The van der Waals surface area contributed by atoms with Gasteiger partial charge in [-0.05, 0) is 51.1 Å². The summed E-state index contributed by atoms with van der Waals surface area (Å²) >= 11 is 1.82. The molecule has 0 bridgehead atoms. The summed E-state index contributed by atoms with van der Waals surface area (Å²) in [6.45, 7) is 9.12. The molecule has 4 rings (SSSR count). The third kappa shape index (κ3) is 3.85. The minimum atomic E-state index is 0.592. The van der Waals surface area contributed by atoms with Gasteiger partial charge in [0.05, 0.1) is 29.2 Å². The third-order valence-corrected chi connectivity index (χ3v) is 6.16. The van der Waals surface area contributed by atoms with Crippen molar-refractivity contribution in [2.24, 2.45) is 0 Å². The van der Waals surface area contributed by atoms with E-state index in [4.69, 9.17) is 0 Å².